The van der Waals surface area contributed by atoms with Gasteiger partial charge in [0.25, 0.3) is 0 Å². The zero-order chi connectivity index (χ0) is 5.28. The lowest BCUT2D eigenvalue weighted by Crippen LogP contribution is -1.87. The largest absolute Gasteiger partial charge is 0.123 e. The van der Waals surface area contributed by atoms with Crippen LogP contribution in [0.25, 0.3) is 0 Å². The quantitative estimate of drug-likeness (QED) is 0.429. The van der Waals surface area contributed by atoms with E-state index in [-0.39, 0.29) is 0 Å². The van der Waals surface area contributed by atoms with E-state index >= 15 is 0 Å². The highest BCUT2D eigenvalue weighted by molar-refractivity contribution is 6.20. The molecular weight excluding hydrogens is 108 g/mol. The van der Waals surface area contributed by atoms with E-state index in [0.717, 1.165) is 5.92 Å². The van der Waals surface area contributed by atoms with Crippen molar-refractivity contribution < 1.29 is 0 Å². The number of alkyl halides is 1. The minimum Gasteiger partial charge on any atom is -0.123 e. The van der Waals surface area contributed by atoms with E-state index in [1.165, 1.54) is 19.3 Å². The fourth-order valence-corrected chi connectivity index (χ4v) is 1.57. The van der Waals surface area contributed by atoms with Crippen LogP contribution >= 0.6 is 11.6 Å². The summed E-state index contributed by atoms with van der Waals surface area (Å²) in [6, 6.07) is 0. The number of hydrogen-bond acceptors (Lipinski definition) is 0. The van der Waals surface area contributed by atoms with Crippen molar-refractivity contribution in [3.8, 4) is 0 Å². The van der Waals surface area contributed by atoms with Crippen LogP contribution in [0.1, 0.15) is 26.2 Å². The maximum Gasteiger partial charge on any atom is 0.0338 e. The highest BCUT2D eigenvalue weighted by atomic mass is 35.5. The van der Waals surface area contributed by atoms with Crippen molar-refractivity contribution in [2.45, 2.75) is 31.6 Å². The normalized spacial score (nSPS) is 42.0. The lowest BCUT2D eigenvalue weighted by Gasteiger charge is -1.94. The maximum absolute atomic E-state index is 5.81. The van der Waals surface area contributed by atoms with E-state index in [1.54, 1.807) is 0 Å². The van der Waals surface area contributed by atoms with Gasteiger partial charge >= 0.3 is 0 Å². The van der Waals surface area contributed by atoms with Gasteiger partial charge in [0.2, 0.25) is 0 Å². The van der Waals surface area contributed by atoms with E-state index in [9.17, 15) is 0 Å². The second-order valence-corrected chi connectivity index (χ2v) is 3.13. The summed E-state index contributed by atoms with van der Waals surface area (Å²) in [5, 5.41) is 0.495. The molecule has 0 amide bonds. The average molecular weight is 119 g/mol. The average Bonchev–Trinajstić information content (AvgIpc) is 1.87. The summed E-state index contributed by atoms with van der Waals surface area (Å²) in [6.45, 7) is 2.27. The van der Waals surface area contributed by atoms with Crippen LogP contribution in [0.15, 0.2) is 0 Å². The first-order chi connectivity index (χ1) is 3.29. The summed E-state index contributed by atoms with van der Waals surface area (Å²) in [4.78, 5) is 0. The number of halogens is 1. The third-order valence-corrected chi connectivity index (χ3v) is 2.03. The van der Waals surface area contributed by atoms with E-state index in [2.05, 4.69) is 6.92 Å². The lowest BCUT2D eigenvalue weighted by molar-refractivity contribution is 0.613. The molecule has 0 aromatic rings. The molecular formula is C6H11Cl. The Hall–Kier alpha value is 0.290. The van der Waals surface area contributed by atoms with Crippen LogP contribution in [0.2, 0.25) is 0 Å². The maximum atomic E-state index is 5.81. The second kappa shape index (κ2) is 2.04. The summed E-state index contributed by atoms with van der Waals surface area (Å²) in [7, 11) is 0. The van der Waals surface area contributed by atoms with Crippen molar-refractivity contribution in [1.29, 1.82) is 0 Å². The molecule has 7 heavy (non-hydrogen) atoms. The number of hydrogen-bond donors (Lipinski definition) is 0. The van der Waals surface area contributed by atoms with Gasteiger partial charge in [0.15, 0.2) is 0 Å². The molecule has 0 bridgehead atoms. The third kappa shape index (κ3) is 1.34. The molecule has 1 rings (SSSR count). The molecule has 0 saturated heterocycles. The van der Waals surface area contributed by atoms with Crippen LogP contribution < -0.4 is 0 Å². The van der Waals surface area contributed by atoms with Gasteiger partial charge in [0.1, 0.15) is 0 Å². The van der Waals surface area contributed by atoms with E-state index in [4.69, 9.17) is 11.6 Å². The molecule has 0 aromatic heterocycles. The third-order valence-electron chi connectivity index (χ3n) is 1.63. The van der Waals surface area contributed by atoms with Crippen molar-refractivity contribution in [3.63, 3.8) is 0 Å². The molecule has 1 aliphatic carbocycles. The number of rotatable bonds is 0. The molecule has 1 aliphatic rings. The first kappa shape index (κ1) is 5.43. The highest BCUT2D eigenvalue weighted by Gasteiger charge is 2.17. The van der Waals surface area contributed by atoms with E-state index in [1.807, 2.05) is 0 Å². The molecule has 1 heteroatoms. The van der Waals surface area contributed by atoms with E-state index in [0.29, 0.717) is 5.38 Å². The molecule has 0 radical (unpaired) electrons. The summed E-state index contributed by atoms with van der Waals surface area (Å²) >= 11 is 5.81. The molecule has 1 saturated carbocycles. The SMILES string of the molecule is CC1CCC(Cl)C1. The molecule has 0 aromatic carbocycles. The van der Waals surface area contributed by atoms with Crippen molar-refractivity contribution >= 4 is 11.6 Å². The fraction of sp³-hybridized carbons (Fsp3) is 1.00. The minimum atomic E-state index is 0.495. The van der Waals surface area contributed by atoms with Crippen molar-refractivity contribution in [2.75, 3.05) is 0 Å². The summed E-state index contributed by atoms with van der Waals surface area (Å²) in [5.41, 5.74) is 0. The van der Waals surface area contributed by atoms with Crippen LogP contribution in [-0.4, -0.2) is 5.38 Å². The van der Waals surface area contributed by atoms with Gasteiger partial charge in [-0.05, 0) is 25.2 Å². The zero-order valence-corrected chi connectivity index (χ0v) is 5.41. The lowest BCUT2D eigenvalue weighted by atomic mass is 10.2. The Morgan fingerprint density at radius 1 is 1.43 bits per heavy atom. The Balaban J connectivity index is 2.26. The Morgan fingerprint density at radius 2 is 2.14 bits per heavy atom. The Bertz CT molecular complexity index is 53.2. The summed E-state index contributed by atoms with van der Waals surface area (Å²) in [6.07, 6.45) is 3.82. The molecule has 0 aliphatic heterocycles. The minimum absolute atomic E-state index is 0.495. The second-order valence-electron chi connectivity index (χ2n) is 2.52. The van der Waals surface area contributed by atoms with Crippen LogP contribution in [0, 0.1) is 5.92 Å². The molecule has 0 heterocycles. The summed E-state index contributed by atoms with van der Waals surface area (Å²) in [5.74, 6) is 0.891. The Morgan fingerprint density at radius 3 is 2.29 bits per heavy atom. The Kier molecular flexibility index (Phi) is 1.58. The molecule has 2 unspecified atom stereocenters. The molecule has 42 valence electrons. The van der Waals surface area contributed by atoms with Gasteiger partial charge in [-0.15, -0.1) is 11.6 Å². The zero-order valence-electron chi connectivity index (χ0n) is 4.65. The van der Waals surface area contributed by atoms with Gasteiger partial charge in [-0.1, -0.05) is 6.92 Å². The predicted octanol–water partition coefficient (Wildman–Crippen LogP) is 2.41. The van der Waals surface area contributed by atoms with Crippen molar-refractivity contribution in [3.05, 3.63) is 0 Å². The van der Waals surface area contributed by atoms with E-state index < -0.39 is 0 Å². The van der Waals surface area contributed by atoms with Crippen LogP contribution in [0.3, 0.4) is 0 Å². The first-order valence-electron chi connectivity index (χ1n) is 2.93. The predicted molar refractivity (Wildman–Crippen MR) is 32.7 cm³/mol. The topological polar surface area (TPSA) is 0 Å². The van der Waals surface area contributed by atoms with Gasteiger partial charge in [0, 0.05) is 5.38 Å². The molecule has 2 atom stereocenters. The highest BCUT2D eigenvalue weighted by Crippen LogP contribution is 2.28. The van der Waals surface area contributed by atoms with Gasteiger partial charge in [-0.2, -0.15) is 0 Å². The van der Waals surface area contributed by atoms with Gasteiger partial charge < -0.3 is 0 Å². The monoisotopic (exact) mass is 118 g/mol. The van der Waals surface area contributed by atoms with Crippen LogP contribution in [-0.2, 0) is 0 Å². The van der Waals surface area contributed by atoms with Crippen LogP contribution in [0.5, 0.6) is 0 Å². The smallest absolute Gasteiger partial charge is 0.0338 e. The molecule has 0 nitrogen and oxygen atoms in total. The Labute approximate surface area is 49.9 Å². The molecule has 0 spiro atoms. The summed E-state index contributed by atoms with van der Waals surface area (Å²) < 4.78 is 0. The fourth-order valence-electron chi connectivity index (χ4n) is 1.14. The van der Waals surface area contributed by atoms with Gasteiger partial charge in [0.05, 0.1) is 0 Å². The van der Waals surface area contributed by atoms with Crippen LogP contribution in [0.4, 0.5) is 0 Å². The van der Waals surface area contributed by atoms with Crippen molar-refractivity contribution in [2.24, 2.45) is 5.92 Å². The molecule has 0 N–H and O–H groups in total. The van der Waals surface area contributed by atoms with Crippen molar-refractivity contribution in [1.82, 2.24) is 0 Å². The standard InChI is InChI=1S/C6H11Cl/c1-5-2-3-6(7)4-5/h5-6H,2-4H2,1H3. The van der Waals surface area contributed by atoms with Gasteiger partial charge in [-0.3, -0.25) is 0 Å². The molecule has 1 fully saturated rings. The van der Waals surface area contributed by atoms with Gasteiger partial charge in [-0.25, -0.2) is 0 Å². The first-order valence-corrected chi connectivity index (χ1v) is 3.36.